The van der Waals surface area contributed by atoms with Crippen molar-refractivity contribution in [2.24, 2.45) is 23.5 Å². The van der Waals surface area contributed by atoms with Crippen molar-refractivity contribution in [3.05, 3.63) is 0 Å². The summed E-state index contributed by atoms with van der Waals surface area (Å²) in [5.74, 6) is 1.79. The van der Waals surface area contributed by atoms with Crippen molar-refractivity contribution >= 4 is 5.91 Å². The van der Waals surface area contributed by atoms with Crippen molar-refractivity contribution in [1.82, 2.24) is 5.32 Å². The lowest BCUT2D eigenvalue weighted by molar-refractivity contribution is -0.122. The third-order valence-corrected chi connectivity index (χ3v) is 5.56. The molecule has 0 aromatic carbocycles. The summed E-state index contributed by atoms with van der Waals surface area (Å²) in [4.78, 5) is 11.2. The van der Waals surface area contributed by atoms with E-state index in [1.807, 2.05) is 0 Å². The zero-order chi connectivity index (χ0) is 14.5. The van der Waals surface area contributed by atoms with Gasteiger partial charge in [-0.05, 0) is 56.8 Å². The highest BCUT2D eigenvalue weighted by Crippen LogP contribution is 2.30. The van der Waals surface area contributed by atoms with E-state index in [0.29, 0.717) is 12.1 Å². The van der Waals surface area contributed by atoms with Crippen LogP contribution in [0.15, 0.2) is 0 Å². The number of carbonyl (C=O) groups is 1. The topological polar surface area (TPSA) is 55.1 Å². The van der Waals surface area contributed by atoms with Gasteiger partial charge >= 0.3 is 0 Å². The smallest absolute Gasteiger partial charge is 0.220 e. The number of hydrogen-bond donors (Lipinski definition) is 2. The molecule has 2 rings (SSSR count). The van der Waals surface area contributed by atoms with E-state index in [2.05, 4.69) is 19.2 Å². The summed E-state index contributed by atoms with van der Waals surface area (Å²) in [5, 5.41) is 3.86. The predicted octanol–water partition coefficient (Wildman–Crippen LogP) is 3.23. The second-order valence-corrected chi connectivity index (χ2v) is 7.33. The average Bonchev–Trinajstić information content (AvgIpc) is 2.65. The normalized spacial score (nSPS) is 35.8. The SMILES string of the molecule is CC(C)C1CCCC(NC2CCC(C(N)=O)CC2)CC1. The lowest BCUT2D eigenvalue weighted by atomic mass is 9.85. The molecule has 2 aliphatic rings. The van der Waals surface area contributed by atoms with Gasteiger partial charge < -0.3 is 11.1 Å². The molecule has 1 amide bonds. The van der Waals surface area contributed by atoms with Gasteiger partial charge in [-0.15, -0.1) is 0 Å². The Morgan fingerprint density at radius 1 is 0.950 bits per heavy atom. The molecule has 116 valence electrons. The van der Waals surface area contributed by atoms with Crippen molar-refractivity contribution in [3.63, 3.8) is 0 Å². The fraction of sp³-hybridized carbons (Fsp3) is 0.941. The molecule has 0 spiro atoms. The molecule has 0 bridgehead atoms. The molecule has 0 aromatic heterocycles. The van der Waals surface area contributed by atoms with E-state index in [9.17, 15) is 4.79 Å². The van der Waals surface area contributed by atoms with Crippen LogP contribution in [0.25, 0.3) is 0 Å². The number of primary amides is 1. The van der Waals surface area contributed by atoms with Crippen LogP contribution >= 0.6 is 0 Å². The number of amides is 1. The summed E-state index contributed by atoms with van der Waals surface area (Å²) in [7, 11) is 0. The van der Waals surface area contributed by atoms with Gasteiger partial charge in [0.2, 0.25) is 5.91 Å². The van der Waals surface area contributed by atoms with Crippen LogP contribution in [0, 0.1) is 17.8 Å². The molecule has 20 heavy (non-hydrogen) atoms. The zero-order valence-electron chi connectivity index (χ0n) is 13.2. The fourth-order valence-corrected chi connectivity index (χ4v) is 4.04. The second kappa shape index (κ2) is 7.44. The molecule has 0 aliphatic heterocycles. The van der Waals surface area contributed by atoms with E-state index in [0.717, 1.165) is 37.5 Å². The molecule has 2 aliphatic carbocycles. The largest absolute Gasteiger partial charge is 0.369 e. The molecule has 2 fully saturated rings. The number of rotatable bonds is 4. The Kier molecular flexibility index (Phi) is 5.88. The van der Waals surface area contributed by atoms with Gasteiger partial charge in [0.15, 0.2) is 0 Å². The number of nitrogens with one attached hydrogen (secondary N) is 1. The van der Waals surface area contributed by atoms with Crippen LogP contribution in [0.2, 0.25) is 0 Å². The quantitative estimate of drug-likeness (QED) is 0.777. The Morgan fingerprint density at radius 3 is 2.15 bits per heavy atom. The van der Waals surface area contributed by atoms with Crippen molar-refractivity contribution < 1.29 is 4.79 Å². The van der Waals surface area contributed by atoms with E-state index in [4.69, 9.17) is 5.73 Å². The minimum atomic E-state index is -0.0994. The number of carbonyl (C=O) groups excluding carboxylic acids is 1. The molecule has 3 nitrogen and oxygen atoms in total. The van der Waals surface area contributed by atoms with Crippen molar-refractivity contribution in [2.45, 2.75) is 83.7 Å². The van der Waals surface area contributed by atoms with E-state index >= 15 is 0 Å². The maximum Gasteiger partial charge on any atom is 0.220 e. The first-order chi connectivity index (χ1) is 9.56. The van der Waals surface area contributed by atoms with Gasteiger partial charge in [-0.25, -0.2) is 0 Å². The van der Waals surface area contributed by atoms with Gasteiger partial charge in [-0.2, -0.15) is 0 Å². The lowest BCUT2D eigenvalue weighted by Crippen LogP contribution is -2.41. The first kappa shape index (κ1) is 15.8. The van der Waals surface area contributed by atoms with E-state index < -0.39 is 0 Å². The van der Waals surface area contributed by atoms with Crippen molar-refractivity contribution in [2.75, 3.05) is 0 Å². The predicted molar refractivity (Wildman–Crippen MR) is 83.3 cm³/mol. The van der Waals surface area contributed by atoms with Gasteiger partial charge in [0.1, 0.15) is 0 Å². The standard InChI is InChI=1S/C17H32N2O/c1-12(2)13-4-3-5-15(9-6-13)19-16-10-7-14(8-11-16)17(18)20/h12-16,19H,3-11H2,1-2H3,(H2,18,20). The Labute approximate surface area is 124 Å². The van der Waals surface area contributed by atoms with Crippen molar-refractivity contribution in [1.29, 1.82) is 0 Å². The minimum absolute atomic E-state index is 0.0994. The average molecular weight is 280 g/mol. The summed E-state index contributed by atoms with van der Waals surface area (Å²) in [6.07, 6.45) is 11.0. The molecule has 0 aromatic rings. The van der Waals surface area contributed by atoms with Crippen LogP contribution in [0.4, 0.5) is 0 Å². The molecule has 2 atom stereocenters. The first-order valence-corrected chi connectivity index (χ1v) is 8.61. The summed E-state index contributed by atoms with van der Waals surface area (Å²) in [6.45, 7) is 4.73. The van der Waals surface area contributed by atoms with Gasteiger partial charge in [-0.3, -0.25) is 4.79 Å². The van der Waals surface area contributed by atoms with Crippen LogP contribution in [0.5, 0.6) is 0 Å². The Balaban J connectivity index is 1.73. The first-order valence-electron chi connectivity index (χ1n) is 8.61. The van der Waals surface area contributed by atoms with Crippen LogP contribution in [0.3, 0.4) is 0 Å². The van der Waals surface area contributed by atoms with Crippen LogP contribution < -0.4 is 11.1 Å². The molecule has 0 saturated heterocycles. The molecular formula is C17H32N2O. The Hall–Kier alpha value is -0.570. The Bertz CT molecular complexity index is 308. The van der Waals surface area contributed by atoms with Gasteiger partial charge in [0.05, 0.1) is 0 Å². The summed E-state index contributed by atoms with van der Waals surface area (Å²) < 4.78 is 0. The third kappa shape index (κ3) is 4.47. The molecule has 2 unspecified atom stereocenters. The molecule has 2 saturated carbocycles. The summed E-state index contributed by atoms with van der Waals surface area (Å²) >= 11 is 0. The number of nitrogens with two attached hydrogens (primary N) is 1. The molecule has 0 heterocycles. The van der Waals surface area contributed by atoms with Crippen LogP contribution in [0.1, 0.15) is 71.6 Å². The molecular weight excluding hydrogens is 248 g/mol. The highest BCUT2D eigenvalue weighted by molar-refractivity contribution is 5.76. The van der Waals surface area contributed by atoms with E-state index in [1.54, 1.807) is 0 Å². The van der Waals surface area contributed by atoms with Gasteiger partial charge in [0.25, 0.3) is 0 Å². The molecule has 0 radical (unpaired) electrons. The van der Waals surface area contributed by atoms with Gasteiger partial charge in [-0.1, -0.05) is 26.7 Å². The van der Waals surface area contributed by atoms with Gasteiger partial charge in [0, 0.05) is 18.0 Å². The highest BCUT2D eigenvalue weighted by Gasteiger charge is 2.27. The number of hydrogen-bond acceptors (Lipinski definition) is 2. The lowest BCUT2D eigenvalue weighted by Gasteiger charge is -2.31. The monoisotopic (exact) mass is 280 g/mol. The minimum Gasteiger partial charge on any atom is -0.369 e. The maximum absolute atomic E-state index is 11.2. The van der Waals surface area contributed by atoms with Crippen molar-refractivity contribution in [3.8, 4) is 0 Å². The van der Waals surface area contributed by atoms with Crippen LogP contribution in [-0.4, -0.2) is 18.0 Å². The summed E-state index contributed by atoms with van der Waals surface area (Å²) in [5.41, 5.74) is 5.40. The second-order valence-electron chi connectivity index (χ2n) is 7.33. The molecule has 3 N–H and O–H groups in total. The zero-order valence-corrected chi connectivity index (χ0v) is 13.2. The maximum atomic E-state index is 11.2. The Morgan fingerprint density at radius 2 is 1.55 bits per heavy atom. The molecule has 3 heteroatoms. The third-order valence-electron chi connectivity index (χ3n) is 5.56. The van der Waals surface area contributed by atoms with Crippen LogP contribution in [-0.2, 0) is 4.79 Å². The summed E-state index contributed by atoms with van der Waals surface area (Å²) in [6, 6.07) is 1.32. The van der Waals surface area contributed by atoms with E-state index in [-0.39, 0.29) is 11.8 Å². The highest BCUT2D eigenvalue weighted by atomic mass is 16.1. The fourth-order valence-electron chi connectivity index (χ4n) is 4.04. The van der Waals surface area contributed by atoms with E-state index in [1.165, 1.54) is 32.1 Å².